The van der Waals surface area contributed by atoms with Gasteiger partial charge in [-0.05, 0) is 24.6 Å². The second-order valence-electron chi connectivity index (χ2n) is 7.07. The molecule has 0 bridgehead atoms. The number of carbonyl (C=O) groups is 2. The van der Waals surface area contributed by atoms with E-state index in [0.29, 0.717) is 18.6 Å². The van der Waals surface area contributed by atoms with Crippen molar-refractivity contribution in [3.05, 3.63) is 71.3 Å². The first kappa shape index (κ1) is 19.6. The van der Waals surface area contributed by atoms with Crippen LogP contribution in [0.5, 0.6) is 0 Å². The van der Waals surface area contributed by atoms with Crippen LogP contribution in [0.4, 0.5) is 0 Å². The summed E-state index contributed by atoms with van der Waals surface area (Å²) in [5, 5.41) is 0. The molecule has 0 saturated carbocycles. The van der Waals surface area contributed by atoms with Crippen LogP contribution < -0.4 is 0 Å². The van der Waals surface area contributed by atoms with Gasteiger partial charge in [0.25, 0.3) is 5.91 Å². The van der Waals surface area contributed by atoms with E-state index in [-0.39, 0.29) is 19.1 Å². The Balaban J connectivity index is 1.81. The largest absolute Gasteiger partial charge is 0.466 e. The van der Waals surface area contributed by atoms with Crippen molar-refractivity contribution >= 4 is 27.0 Å². The first-order valence-corrected chi connectivity index (χ1v) is 10.5. The van der Waals surface area contributed by atoms with Gasteiger partial charge in [0.1, 0.15) is 6.54 Å². The Morgan fingerprint density at radius 1 is 1.24 bits per heavy atom. The van der Waals surface area contributed by atoms with Crippen molar-refractivity contribution in [3.63, 3.8) is 0 Å². The fraction of sp³-hybridized carbons (Fsp3) is 0.318. The van der Waals surface area contributed by atoms with Gasteiger partial charge in [-0.15, -0.1) is 9.24 Å². The fourth-order valence-corrected chi connectivity index (χ4v) is 4.36. The van der Waals surface area contributed by atoms with Crippen molar-refractivity contribution in [2.24, 2.45) is 4.99 Å². The van der Waals surface area contributed by atoms with Crippen LogP contribution in [0.3, 0.4) is 0 Å². The summed E-state index contributed by atoms with van der Waals surface area (Å²) in [4.78, 5) is 32.2. The first-order chi connectivity index (χ1) is 14.1. The molecule has 0 saturated heterocycles. The number of fused-ring (bicyclic) bond motifs is 3. The van der Waals surface area contributed by atoms with Gasteiger partial charge in [-0.25, -0.2) is 4.99 Å². The van der Waals surface area contributed by atoms with Crippen LogP contribution in [0, 0.1) is 0 Å². The molecule has 2 aromatic carbocycles. The molecule has 150 valence electrons. The van der Waals surface area contributed by atoms with Gasteiger partial charge < -0.3 is 14.4 Å². The van der Waals surface area contributed by atoms with E-state index in [9.17, 15) is 9.59 Å². The Labute approximate surface area is 172 Å². The van der Waals surface area contributed by atoms with Crippen LogP contribution >= 0.6 is 9.24 Å². The molecule has 2 heterocycles. The molecule has 3 atom stereocenters. The van der Waals surface area contributed by atoms with Gasteiger partial charge in [-0.1, -0.05) is 42.5 Å². The maximum absolute atomic E-state index is 13.7. The van der Waals surface area contributed by atoms with Crippen molar-refractivity contribution in [1.29, 1.82) is 0 Å². The predicted octanol–water partition coefficient (Wildman–Crippen LogP) is 2.72. The summed E-state index contributed by atoms with van der Waals surface area (Å²) in [5.74, 6) is -0.214. The van der Waals surface area contributed by atoms with Crippen LogP contribution in [-0.4, -0.2) is 47.5 Å². The number of esters is 1. The lowest BCUT2D eigenvalue weighted by atomic mass is 9.88. The van der Waals surface area contributed by atoms with Crippen molar-refractivity contribution in [3.8, 4) is 0 Å². The van der Waals surface area contributed by atoms with Gasteiger partial charge in [-0.3, -0.25) is 9.59 Å². The summed E-state index contributed by atoms with van der Waals surface area (Å²) in [5.41, 5.74) is 1.54. The molecule has 1 amide bonds. The summed E-state index contributed by atoms with van der Waals surface area (Å²) in [6.07, 6.45) is -0.174. The minimum absolute atomic E-state index is 0.115. The molecule has 0 aromatic heterocycles. The van der Waals surface area contributed by atoms with Gasteiger partial charge in [0.05, 0.1) is 6.61 Å². The lowest BCUT2D eigenvalue weighted by Gasteiger charge is -2.30. The highest BCUT2D eigenvalue weighted by Crippen LogP contribution is 2.45. The molecule has 0 N–H and O–H groups in total. The van der Waals surface area contributed by atoms with Crippen LogP contribution in [-0.2, 0) is 25.6 Å². The van der Waals surface area contributed by atoms with Crippen molar-refractivity contribution in [2.75, 3.05) is 19.3 Å². The topological polar surface area (TPSA) is 68.2 Å². The zero-order valence-electron chi connectivity index (χ0n) is 16.2. The molecular weight excluding hydrogens is 387 g/mol. The standard InChI is InChI=1S/C22H23N2O4P/c1-2-27-18(25)13-24-12-16-10-6-7-11-17(16)19-22(14-29,21(24)26)23-20(28-19)15-8-4-3-5-9-15/h3-11,19H,2,12-14,29H2,1H3/t19-,22-/m0/s1. The van der Waals surface area contributed by atoms with E-state index in [1.54, 1.807) is 6.92 Å². The molecular formula is C22H23N2O4P. The van der Waals surface area contributed by atoms with Gasteiger partial charge in [-0.2, -0.15) is 0 Å². The number of hydrogen-bond acceptors (Lipinski definition) is 5. The van der Waals surface area contributed by atoms with Crippen molar-refractivity contribution in [2.45, 2.75) is 25.1 Å². The molecule has 6 nitrogen and oxygen atoms in total. The smallest absolute Gasteiger partial charge is 0.325 e. The second kappa shape index (κ2) is 7.96. The SMILES string of the molecule is CCOC(=O)CN1Cc2ccccc2[C@@H]2OC(c3ccccc3)=N[C@]2(CP)C1=O. The normalized spacial score (nSPS) is 22.8. The summed E-state index contributed by atoms with van der Waals surface area (Å²) in [6.45, 7) is 2.22. The second-order valence-corrected chi connectivity index (χ2v) is 7.48. The highest BCUT2D eigenvalue weighted by atomic mass is 31.0. The van der Waals surface area contributed by atoms with E-state index in [0.717, 1.165) is 16.7 Å². The summed E-state index contributed by atoms with van der Waals surface area (Å²) < 4.78 is 11.4. The minimum Gasteiger partial charge on any atom is -0.466 e. The molecule has 0 fully saturated rings. The summed E-state index contributed by atoms with van der Waals surface area (Å²) >= 11 is 0. The molecule has 0 radical (unpaired) electrons. The van der Waals surface area contributed by atoms with Crippen LogP contribution in [0.15, 0.2) is 59.6 Å². The Kier molecular flexibility index (Phi) is 5.37. The lowest BCUT2D eigenvalue weighted by molar-refractivity contribution is -0.151. The molecule has 2 aliphatic heterocycles. The van der Waals surface area contributed by atoms with Gasteiger partial charge in [0.15, 0.2) is 11.6 Å². The molecule has 0 aliphatic carbocycles. The third-order valence-corrected chi connectivity index (χ3v) is 5.90. The average Bonchev–Trinajstić information content (AvgIpc) is 3.11. The highest BCUT2D eigenvalue weighted by molar-refractivity contribution is 7.16. The Morgan fingerprint density at radius 3 is 2.69 bits per heavy atom. The van der Waals surface area contributed by atoms with Crippen LogP contribution in [0.2, 0.25) is 0 Å². The molecule has 0 spiro atoms. The van der Waals surface area contributed by atoms with Crippen molar-refractivity contribution < 1.29 is 19.1 Å². The number of amides is 1. The molecule has 2 aliphatic rings. The van der Waals surface area contributed by atoms with E-state index >= 15 is 0 Å². The molecule has 2 aromatic rings. The number of benzene rings is 2. The number of aliphatic imine (C=N–C) groups is 1. The maximum atomic E-state index is 13.7. The number of nitrogens with zero attached hydrogens (tertiary/aromatic N) is 2. The number of ether oxygens (including phenoxy) is 2. The van der Waals surface area contributed by atoms with Crippen molar-refractivity contribution in [1.82, 2.24) is 4.90 Å². The number of rotatable bonds is 5. The Morgan fingerprint density at radius 2 is 1.97 bits per heavy atom. The first-order valence-electron chi connectivity index (χ1n) is 9.64. The zero-order chi connectivity index (χ0) is 20.4. The van der Waals surface area contributed by atoms with Gasteiger partial charge in [0.2, 0.25) is 5.90 Å². The fourth-order valence-electron chi connectivity index (χ4n) is 3.88. The monoisotopic (exact) mass is 410 g/mol. The third kappa shape index (κ3) is 3.42. The van der Waals surface area contributed by atoms with Gasteiger partial charge >= 0.3 is 5.97 Å². The summed E-state index contributed by atoms with van der Waals surface area (Å²) in [7, 11) is 2.63. The average molecular weight is 410 g/mol. The minimum atomic E-state index is -1.14. The van der Waals surface area contributed by atoms with E-state index in [1.165, 1.54) is 4.90 Å². The molecule has 4 rings (SSSR count). The van der Waals surface area contributed by atoms with Crippen LogP contribution in [0.25, 0.3) is 0 Å². The van der Waals surface area contributed by atoms with E-state index < -0.39 is 17.6 Å². The van der Waals surface area contributed by atoms with Gasteiger partial charge in [0, 0.05) is 23.8 Å². The predicted molar refractivity (Wildman–Crippen MR) is 113 cm³/mol. The van der Waals surface area contributed by atoms with E-state index in [2.05, 4.69) is 9.24 Å². The number of hydrogen-bond donors (Lipinski definition) is 0. The Bertz CT molecular complexity index is 962. The third-order valence-electron chi connectivity index (χ3n) is 5.28. The van der Waals surface area contributed by atoms with E-state index in [4.69, 9.17) is 14.5 Å². The van der Waals surface area contributed by atoms with Crippen LogP contribution in [0.1, 0.15) is 29.7 Å². The summed E-state index contributed by atoms with van der Waals surface area (Å²) in [6, 6.07) is 17.3. The highest BCUT2D eigenvalue weighted by Gasteiger charge is 2.56. The molecule has 29 heavy (non-hydrogen) atoms. The number of carbonyl (C=O) groups excluding carboxylic acids is 2. The zero-order valence-corrected chi connectivity index (χ0v) is 17.4. The Hall–Kier alpha value is -2.72. The van der Waals surface area contributed by atoms with E-state index in [1.807, 2.05) is 54.6 Å². The lowest BCUT2D eigenvalue weighted by Crippen LogP contribution is -2.50. The molecule has 1 unspecified atom stereocenters. The molecule has 7 heteroatoms. The maximum Gasteiger partial charge on any atom is 0.325 e. The quantitative estimate of drug-likeness (QED) is 0.562.